The quantitative estimate of drug-likeness (QED) is 0.399. The van der Waals surface area contributed by atoms with E-state index in [4.69, 9.17) is 0 Å². The van der Waals surface area contributed by atoms with E-state index in [0.29, 0.717) is 11.0 Å². The normalized spacial score (nSPS) is 13.7. The standard InChI is InChI=1S/C25H20BrFN4O/c1-15(19-7-21(26)11-22(27)8-19)31-6-5-17(10-24(31)32)16-3-4-18-12-28-25(23(18)9-16)20-13-29-30(2)14-20/h3-11,13-15H,12H2,1-2H3. The summed E-state index contributed by atoms with van der Waals surface area (Å²) in [6.07, 6.45) is 5.53. The second-order valence-electron chi connectivity index (χ2n) is 7.98. The third-order valence-corrected chi connectivity index (χ3v) is 6.27. The molecule has 3 heterocycles. The maximum absolute atomic E-state index is 13.8. The van der Waals surface area contributed by atoms with Gasteiger partial charge in [-0.3, -0.25) is 14.5 Å². The maximum Gasteiger partial charge on any atom is 0.251 e. The number of aryl methyl sites for hydroxylation is 1. The Morgan fingerprint density at radius 1 is 1.06 bits per heavy atom. The molecule has 2 aromatic heterocycles. The molecule has 0 bridgehead atoms. The third kappa shape index (κ3) is 3.73. The SMILES string of the molecule is CC(c1cc(F)cc(Br)c1)n1ccc(-c2ccc3c(c2)C(c2cnn(C)c2)=NC3)cc1=O. The highest BCUT2D eigenvalue weighted by Crippen LogP contribution is 2.29. The van der Waals surface area contributed by atoms with Gasteiger partial charge in [-0.1, -0.05) is 28.1 Å². The van der Waals surface area contributed by atoms with Crippen molar-refractivity contribution < 1.29 is 4.39 Å². The summed E-state index contributed by atoms with van der Waals surface area (Å²) in [5.74, 6) is -0.338. The van der Waals surface area contributed by atoms with Gasteiger partial charge in [-0.05, 0) is 59.5 Å². The summed E-state index contributed by atoms with van der Waals surface area (Å²) in [6, 6.07) is 14.1. The lowest BCUT2D eigenvalue weighted by Gasteiger charge is -2.17. The number of hydrogen-bond acceptors (Lipinski definition) is 3. The monoisotopic (exact) mass is 490 g/mol. The van der Waals surface area contributed by atoms with Crippen LogP contribution in [0.5, 0.6) is 0 Å². The Labute approximate surface area is 193 Å². The van der Waals surface area contributed by atoms with Gasteiger partial charge in [0.1, 0.15) is 5.82 Å². The number of aromatic nitrogens is 3. The van der Waals surface area contributed by atoms with Crippen molar-refractivity contribution in [3.63, 3.8) is 0 Å². The number of fused-ring (bicyclic) bond motifs is 1. The first-order valence-electron chi connectivity index (χ1n) is 10.2. The van der Waals surface area contributed by atoms with Crippen LogP contribution < -0.4 is 5.56 Å². The zero-order chi connectivity index (χ0) is 22.4. The van der Waals surface area contributed by atoms with Crippen molar-refractivity contribution in [3.8, 4) is 11.1 Å². The summed E-state index contributed by atoms with van der Waals surface area (Å²) in [5.41, 5.74) is 6.50. The molecule has 0 saturated carbocycles. The van der Waals surface area contributed by atoms with Crippen molar-refractivity contribution in [2.45, 2.75) is 19.5 Å². The van der Waals surface area contributed by atoms with Crippen LogP contribution in [-0.4, -0.2) is 20.1 Å². The molecule has 1 unspecified atom stereocenters. The molecular formula is C25H20BrFN4O. The molecule has 0 saturated heterocycles. The first kappa shape index (κ1) is 20.6. The van der Waals surface area contributed by atoms with Gasteiger partial charge in [-0.25, -0.2) is 4.39 Å². The van der Waals surface area contributed by atoms with Crippen molar-refractivity contribution in [1.82, 2.24) is 14.3 Å². The molecule has 1 aliphatic heterocycles. The van der Waals surface area contributed by atoms with Crippen LogP contribution in [0.4, 0.5) is 4.39 Å². The lowest BCUT2D eigenvalue weighted by atomic mass is 9.96. The molecule has 0 amide bonds. The van der Waals surface area contributed by atoms with Crippen molar-refractivity contribution in [2.75, 3.05) is 0 Å². The Hall–Kier alpha value is -3.32. The molecule has 5 nitrogen and oxygen atoms in total. The summed E-state index contributed by atoms with van der Waals surface area (Å²) in [4.78, 5) is 17.6. The van der Waals surface area contributed by atoms with Gasteiger partial charge in [-0.15, -0.1) is 0 Å². The molecule has 4 aromatic rings. The van der Waals surface area contributed by atoms with Gasteiger partial charge in [0, 0.05) is 41.1 Å². The van der Waals surface area contributed by atoms with Gasteiger partial charge in [0.05, 0.1) is 24.5 Å². The minimum atomic E-state index is -0.338. The van der Waals surface area contributed by atoms with Gasteiger partial charge in [-0.2, -0.15) is 5.10 Å². The van der Waals surface area contributed by atoms with Crippen LogP contribution in [0, 0.1) is 5.82 Å². The Balaban J connectivity index is 1.49. The molecule has 1 aliphatic rings. The summed E-state index contributed by atoms with van der Waals surface area (Å²) in [6.45, 7) is 2.52. The fourth-order valence-electron chi connectivity index (χ4n) is 4.12. The minimum absolute atomic E-state index is 0.142. The van der Waals surface area contributed by atoms with Crippen LogP contribution in [-0.2, 0) is 13.6 Å². The largest absolute Gasteiger partial charge is 0.308 e. The van der Waals surface area contributed by atoms with E-state index >= 15 is 0 Å². The predicted molar refractivity (Wildman–Crippen MR) is 127 cm³/mol. The topological polar surface area (TPSA) is 52.2 Å². The molecule has 160 valence electrons. The number of halogens is 2. The highest BCUT2D eigenvalue weighted by Gasteiger charge is 2.20. The van der Waals surface area contributed by atoms with Gasteiger partial charge >= 0.3 is 0 Å². The average molecular weight is 491 g/mol. The van der Waals surface area contributed by atoms with Crippen LogP contribution in [0.1, 0.15) is 35.2 Å². The summed E-state index contributed by atoms with van der Waals surface area (Å²) in [7, 11) is 1.88. The van der Waals surface area contributed by atoms with Crippen molar-refractivity contribution in [3.05, 3.63) is 110 Å². The lowest BCUT2D eigenvalue weighted by Crippen LogP contribution is -2.22. The number of benzene rings is 2. The van der Waals surface area contributed by atoms with Gasteiger partial charge in [0.2, 0.25) is 0 Å². The number of nitrogens with zero attached hydrogens (tertiary/aromatic N) is 4. The number of hydrogen-bond donors (Lipinski definition) is 0. The molecule has 0 radical (unpaired) electrons. The van der Waals surface area contributed by atoms with E-state index in [-0.39, 0.29) is 17.4 Å². The molecule has 0 spiro atoms. The van der Waals surface area contributed by atoms with Crippen LogP contribution in [0.2, 0.25) is 0 Å². The molecule has 5 rings (SSSR count). The van der Waals surface area contributed by atoms with E-state index in [0.717, 1.165) is 39.1 Å². The lowest BCUT2D eigenvalue weighted by molar-refractivity contribution is 0.592. The predicted octanol–water partition coefficient (Wildman–Crippen LogP) is 5.11. The van der Waals surface area contributed by atoms with E-state index in [1.807, 2.05) is 44.6 Å². The van der Waals surface area contributed by atoms with Crippen molar-refractivity contribution in [1.29, 1.82) is 0 Å². The first-order valence-corrected chi connectivity index (χ1v) is 11.0. The molecular weight excluding hydrogens is 471 g/mol. The second-order valence-corrected chi connectivity index (χ2v) is 8.89. The fourth-order valence-corrected chi connectivity index (χ4v) is 4.60. The molecule has 7 heteroatoms. The number of aliphatic imine (C=N–C) groups is 1. The van der Waals surface area contributed by atoms with Crippen LogP contribution in [0.3, 0.4) is 0 Å². The molecule has 0 aliphatic carbocycles. The Morgan fingerprint density at radius 2 is 1.88 bits per heavy atom. The maximum atomic E-state index is 13.8. The smallest absolute Gasteiger partial charge is 0.251 e. The second kappa shape index (κ2) is 7.98. The Morgan fingerprint density at radius 3 is 2.59 bits per heavy atom. The summed E-state index contributed by atoms with van der Waals surface area (Å²) < 4.78 is 17.8. The van der Waals surface area contributed by atoms with Crippen molar-refractivity contribution in [2.24, 2.45) is 12.0 Å². The van der Waals surface area contributed by atoms with E-state index in [1.54, 1.807) is 21.5 Å². The highest BCUT2D eigenvalue weighted by atomic mass is 79.9. The van der Waals surface area contributed by atoms with Gasteiger partial charge in [0.15, 0.2) is 0 Å². The van der Waals surface area contributed by atoms with Crippen LogP contribution in [0.25, 0.3) is 11.1 Å². The fraction of sp³-hybridized carbons (Fsp3) is 0.160. The van der Waals surface area contributed by atoms with E-state index in [9.17, 15) is 9.18 Å². The summed E-state index contributed by atoms with van der Waals surface area (Å²) >= 11 is 3.32. The van der Waals surface area contributed by atoms with E-state index in [2.05, 4.69) is 38.2 Å². The van der Waals surface area contributed by atoms with E-state index in [1.165, 1.54) is 12.1 Å². The van der Waals surface area contributed by atoms with Crippen LogP contribution >= 0.6 is 15.9 Å². The first-order chi connectivity index (χ1) is 15.4. The Kier molecular flexibility index (Phi) is 5.13. The molecule has 2 aromatic carbocycles. The third-order valence-electron chi connectivity index (χ3n) is 5.82. The molecule has 1 atom stereocenters. The minimum Gasteiger partial charge on any atom is -0.308 e. The highest BCUT2D eigenvalue weighted by molar-refractivity contribution is 9.10. The van der Waals surface area contributed by atoms with Crippen LogP contribution in [0.15, 0.2) is 81.4 Å². The number of rotatable bonds is 4. The number of pyridine rings is 1. The molecule has 32 heavy (non-hydrogen) atoms. The van der Waals surface area contributed by atoms with Crippen molar-refractivity contribution >= 4 is 21.6 Å². The zero-order valence-corrected chi connectivity index (χ0v) is 19.2. The molecule has 0 N–H and O–H groups in total. The summed E-state index contributed by atoms with van der Waals surface area (Å²) in [5, 5.41) is 4.25. The molecule has 0 fully saturated rings. The Bertz CT molecular complexity index is 1420. The zero-order valence-electron chi connectivity index (χ0n) is 17.6. The van der Waals surface area contributed by atoms with Gasteiger partial charge < -0.3 is 4.57 Å². The van der Waals surface area contributed by atoms with Gasteiger partial charge in [0.25, 0.3) is 5.56 Å². The van der Waals surface area contributed by atoms with E-state index < -0.39 is 0 Å². The average Bonchev–Trinajstić information content (AvgIpc) is 3.37.